The molecule has 1 amide bonds. The molecular formula is C22H31N3O3S. The van der Waals surface area contributed by atoms with Gasteiger partial charge in [0.1, 0.15) is 18.9 Å². The molecule has 1 N–H and O–H groups in total. The molecule has 0 spiro atoms. The van der Waals surface area contributed by atoms with E-state index < -0.39 is 0 Å². The highest BCUT2D eigenvalue weighted by molar-refractivity contribution is 7.99. The Labute approximate surface area is 177 Å². The zero-order chi connectivity index (χ0) is 20.3. The number of nitrogens with one attached hydrogen (secondary N) is 1. The summed E-state index contributed by atoms with van der Waals surface area (Å²) in [6.07, 6.45) is 4.30. The zero-order valence-corrected chi connectivity index (χ0v) is 17.8. The van der Waals surface area contributed by atoms with Crippen molar-refractivity contribution >= 4 is 17.7 Å². The minimum Gasteiger partial charge on any atom is -0.492 e. The number of morpholine rings is 1. The molecular weight excluding hydrogens is 386 g/mol. The third-order valence-electron chi connectivity index (χ3n) is 5.66. The second-order valence-corrected chi connectivity index (χ2v) is 8.71. The van der Waals surface area contributed by atoms with Gasteiger partial charge in [0.15, 0.2) is 0 Å². The Morgan fingerprint density at radius 2 is 2.00 bits per heavy atom. The normalized spacial score (nSPS) is 22.6. The average molecular weight is 418 g/mol. The first kappa shape index (κ1) is 21.9. The van der Waals surface area contributed by atoms with Gasteiger partial charge in [-0.3, -0.25) is 9.69 Å². The summed E-state index contributed by atoms with van der Waals surface area (Å²) in [4.78, 5) is 15.9. The summed E-state index contributed by atoms with van der Waals surface area (Å²) >= 11 is 1.80. The van der Waals surface area contributed by atoms with E-state index in [0.29, 0.717) is 12.5 Å². The molecule has 2 fully saturated rings. The van der Waals surface area contributed by atoms with Crippen molar-refractivity contribution in [2.45, 2.75) is 30.6 Å². The van der Waals surface area contributed by atoms with Gasteiger partial charge in [0, 0.05) is 36.2 Å². The van der Waals surface area contributed by atoms with E-state index in [1.165, 1.54) is 11.3 Å². The van der Waals surface area contributed by atoms with Gasteiger partial charge in [0.05, 0.1) is 19.3 Å². The van der Waals surface area contributed by atoms with E-state index in [2.05, 4.69) is 22.3 Å². The van der Waals surface area contributed by atoms with Crippen molar-refractivity contribution in [2.24, 2.45) is 11.8 Å². The summed E-state index contributed by atoms with van der Waals surface area (Å²) in [5, 5.41) is 11.4. The number of carbonyl (C=O) groups excluding carboxylic acids is 1. The molecule has 1 aromatic rings. The summed E-state index contributed by atoms with van der Waals surface area (Å²) < 4.78 is 11.2. The third kappa shape index (κ3) is 7.22. The van der Waals surface area contributed by atoms with Crippen LogP contribution in [0.1, 0.15) is 25.7 Å². The van der Waals surface area contributed by atoms with Crippen molar-refractivity contribution in [3.63, 3.8) is 0 Å². The number of benzene rings is 1. The Morgan fingerprint density at radius 3 is 2.76 bits per heavy atom. The Hall–Kier alpha value is -1.75. The predicted octanol–water partition coefficient (Wildman–Crippen LogP) is 2.94. The molecule has 1 aliphatic heterocycles. The topological polar surface area (TPSA) is 74.6 Å². The molecule has 2 aliphatic rings. The fraction of sp³-hybridized carbons (Fsp3) is 0.636. The van der Waals surface area contributed by atoms with E-state index in [0.717, 1.165) is 63.6 Å². The van der Waals surface area contributed by atoms with E-state index in [4.69, 9.17) is 14.7 Å². The fourth-order valence-corrected chi connectivity index (χ4v) is 5.10. The smallest absolute Gasteiger partial charge is 0.224 e. The standard InChI is InChI=1S/C22H31N3O3S/c23-9-10-24-22(26)21-4-2-1-3-18(21)17-29-20-7-5-19(6-8-20)28-16-13-25-11-14-27-15-12-25/h5-8,18,21H,1-4,10-17H2,(H,24,26)/t18-,21+/m0/s1. The van der Waals surface area contributed by atoms with Gasteiger partial charge >= 0.3 is 0 Å². The molecule has 1 saturated carbocycles. The first-order chi connectivity index (χ1) is 14.3. The van der Waals surface area contributed by atoms with Gasteiger partial charge < -0.3 is 14.8 Å². The number of carbonyl (C=O) groups is 1. The summed E-state index contributed by atoms with van der Waals surface area (Å²) in [6, 6.07) is 10.2. The van der Waals surface area contributed by atoms with Gasteiger partial charge in [-0.15, -0.1) is 11.8 Å². The molecule has 0 radical (unpaired) electrons. The van der Waals surface area contributed by atoms with Gasteiger partial charge in [0.2, 0.25) is 5.91 Å². The molecule has 29 heavy (non-hydrogen) atoms. The van der Waals surface area contributed by atoms with Gasteiger partial charge in [-0.2, -0.15) is 5.26 Å². The Morgan fingerprint density at radius 1 is 1.24 bits per heavy atom. The van der Waals surface area contributed by atoms with Crippen LogP contribution in [0.3, 0.4) is 0 Å². The van der Waals surface area contributed by atoms with E-state index in [9.17, 15) is 4.79 Å². The summed E-state index contributed by atoms with van der Waals surface area (Å²) in [7, 11) is 0. The summed E-state index contributed by atoms with van der Waals surface area (Å²) in [6.45, 7) is 5.31. The molecule has 1 aromatic carbocycles. The molecule has 0 aromatic heterocycles. The first-order valence-electron chi connectivity index (χ1n) is 10.6. The molecule has 1 heterocycles. The number of thioether (sulfide) groups is 1. The van der Waals surface area contributed by atoms with Crippen molar-refractivity contribution < 1.29 is 14.3 Å². The van der Waals surface area contributed by atoms with Crippen LogP contribution in [-0.4, -0.2) is 62.6 Å². The lowest BCUT2D eigenvalue weighted by Gasteiger charge is -2.30. The third-order valence-corrected chi connectivity index (χ3v) is 6.86. The van der Waals surface area contributed by atoms with Crippen LogP contribution < -0.4 is 10.1 Å². The first-order valence-corrected chi connectivity index (χ1v) is 11.6. The highest BCUT2D eigenvalue weighted by Crippen LogP contribution is 2.35. The minimum absolute atomic E-state index is 0.0346. The van der Waals surface area contributed by atoms with E-state index in [-0.39, 0.29) is 18.4 Å². The zero-order valence-electron chi connectivity index (χ0n) is 17.0. The van der Waals surface area contributed by atoms with Crippen molar-refractivity contribution in [1.82, 2.24) is 10.2 Å². The van der Waals surface area contributed by atoms with Crippen LogP contribution in [0.15, 0.2) is 29.2 Å². The number of hydrogen-bond acceptors (Lipinski definition) is 6. The lowest BCUT2D eigenvalue weighted by atomic mass is 9.80. The van der Waals surface area contributed by atoms with Crippen molar-refractivity contribution in [3.8, 4) is 11.8 Å². The second kappa shape index (κ2) is 12.1. The molecule has 2 atom stereocenters. The largest absolute Gasteiger partial charge is 0.492 e. The van der Waals surface area contributed by atoms with Crippen molar-refractivity contribution in [3.05, 3.63) is 24.3 Å². The lowest BCUT2D eigenvalue weighted by molar-refractivity contribution is -0.127. The van der Waals surface area contributed by atoms with Crippen molar-refractivity contribution in [1.29, 1.82) is 5.26 Å². The van der Waals surface area contributed by atoms with E-state index >= 15 is 0 Å². The number of ether oxygens (including phenoxy) is 2. The highest BCUT2D eigenvalue weighted by atomic mass is 32.2. The second-order valence-electron chi connectivity index (χ2n) is 7.61. The highest BCUT2D eigenvalue weighted by Gasteiger charge is 2.30. The maximum absolute atomic E-state index is 12.3. The van der Waals surface area contributed by atoms with Gasteiger partial charge in [-0.05, 0) is 43.0 Å². The Bertz CT molecular complexity index is 671. The minimum atomic E-state index is 0.0346. The van der Waals surface area contributed by atoms with Crippen molar-refractivity contribution in [2.75, 3.05) is 51.8 Å². The quantitative estimate of drug-likeness (QED) is 0.492. The summed E-state index contributed by atoms with van der Waals surface area (Å²) in [5.41, 5.74) is 0. The molecule has 1 saturated heterocycles. The SMILES string of the molecule is N#CCNC(=O)[C@@H]1CCCC[C@H]1CSc1ccc(OCCN2CCOCC2)cc1. The Kier molecular flexibility index (Phi) is 9.13. The molecule has 0 unspecified atom stereocenters. The maximum Gasteiger partial charge on any atom is 0.224 e. The molecule has 7 heteroatoms. The number of hydrogen-bond donors (Lipinski definition) is 1. The van der Waals surface area contributed by atoms with Crippen LogP contribution in [0.2, 0.25) is 0 Å². The Balaban J connectivity index is 1.41. The molecule has 6 nitrogen and oxygen atoms in total. The van der Waals surface area contributed by atoms with Crippen LogP contribution in [0.4, 0.5) is 0 Å². The van der Waals surface area contributed by atoms with Crippen LogP contribution in [0, 0.1) is 23.2 Å². The molecule has 3 rings (SSSR count). The van der Waals surface area contributed by atoms with E-state index in [1.54, 1.807) is 11.8 Å². The van der Waals surface area contributed by atoms with Crippen LogP contribution in [0.5, 0.6) is 5.75 Å². The maximum atomic E-state index is 12.3. The van der Waals surface area contributed by atoms with Gasteiger partial charge in [-0.25, -0.2) is 0 Å². The molecule has 0 bridgehead atoms. The number of amides is 1. The average Bonchev–Trinajstić information content (AvgIpc) is 2.78. The molecule has 158 valence electrons. The predicted molar refractivity (Wildman–Crippen MR) is 114 cm³/mol. The lowest BCUT2D eigenvalue weighted by Crippen LogP contribution is -2.38. The van der Waals surface area contributed by atoms with Gasteiger partial charge in [-0.1, -0.05) is 12.8 Å². The fourth-order valence-electron chi connectivity index (χ4n) is 3.96. The number of nitriles is 1. The number of nitrogens with zero attached hydrogens (tertiary/aromatic N) is 2. The summed E-state index contributed by atoms with van der Waals surface area (Å²) in [5.74, 6) is 2.28. The van der Waals surface area contributed by atoms with Crippen LogP contribution in [-0.2, 0) is 9.53 Å². The number of rotatable bonds is 9. The van der Waals surface area contributed by atoms with Crippen LogP contribution in [0.25, 0.3) is 0 Å². The van der Waals surface area contributed by atoms with Crippen LogP contribution >= 0.6 is 11.8 Å². The monoisotopic (exact) mass is 417 g/mol. The van der Waals surface area contributed by atoms with E-state index in [1.807, 2.05) is 18.2 Å². The van der Waals surface area contributed by atoms with Gasteiger partial charge in [0.25, 0.3) is 0 Å². The molecule has 1 aliphatic carbocycles.